The van der Waals surface area contributed by atoms with Crippen LogP contribution in [-0.2, 0) is 19.9 Å². The van der Waals surface area contributed by atoms with E-state index in [2.05, 4.69) is 0 Å². The summed E-state index contributed by atoms with van der Waals surface area (Å²) in [6, 6.07) is 5.60. The SMILES string of the molecule is C[C@@H]1CN(C(=O)C2CCN(CN3C(=O)N[C@](c4ccccc4)(C(F)(F)F)C3=O)CC2)C[C@H](C)O1. The summed E-state index contributed by atoms with van der Waals surface area (Å²) < 4.78 is 48.0. The molecule has 34 heavy (non-hydrogen) atoms. The number of halogens is 3. The number of ether oxygens (including phenoxy) is 1. The van der Waals surface area contributed by atoms with Gasteiger partial charge >= 0.3 is 12.2 Å². The molecule has 1 aromatic carbocycles. The smallest absolute Gasteiger partial charge is 0.372 e. The molecule has 11 heteroatoms. The van der Waals surface area contributed by atoms with Gasteiger partial charge < -0.3 is 15.0 Å². The molecule has 0 radical (unpaired) electrons. The number of likely N-dealkylation sites (tertiary alicyclic amines) is 1. The Hall–Kier alpha value is -2.66. The van der Waals surface area contributed by atoms with E-state index in [-0.39, 0.29) is 36.3 Å². The van der Waals surface area contributed by atoms with Crippen molar-refractivity contribution < 1.29 is 32.3 Å². The van der Waals surface area contributed by atoms with Crippen molar-refractivity contribution in [2.75, 3.05) is 32.8 Å². The molecule has 0 saturated carbocycles. The van der Waals surface area contributed by atoms with E-state index in [1.165, 1.54) is 30.3 Å². The number of rotatable bonds is 4. The lowest BCUT2D eigenvalue weighted by molar-refractivity contribution is -0.198. The number of carbonyl (C=O) groups excluding carboxylic acids is 3. The zero-order valence-corrected chi connectivity index (χ0v) is 19.2. The minimum Gasteiger partial charge on any atom is -0.372 e. The van der Waals surface area contributed by atoms with E-state index in [1.54, 1.807) is 4.90 Å². The Balaban J connectivity index is 1.41. The third-order valence-corrected chi connectivity index (χ3v) is 6.75. The highest BCUT2D eigenvalue weighted by atomic mass is 19.4. The van der Waals surface area contributed by atoms with Crippen LogP contribution < -0.4 is 5.32 Å². The summed E-state index contributed by atoms with van der Waals surface area (Å²) in [4.78, 5) is 42.7. The lowest BCUT2D eigenvalue weighted by atomic mass is 9.89. The van der Waals surface area contributed by atoms with Crippen LogP contribution in [0.3, 0.4) is 0 Å². The molecular weight excluding hydrogens is 453 g/mol. The van der Waals surface area contributed by atoms with Crippen LogP contribution in [0.1, 0.15) is 32.3 Å². The normalized spacial score (nSPS) is 29.4. The number of amides is 4. The second-order valence-corrected chi connectivity index (χ2v) is 9.31. The summed E-state index contributed by atoms with van der Waals surface area (Å²) >= 11 is 0. The number of piperidine rings is 1. The van der Waals surface area contributed by atoms with Gasteiger partial charge in [0.2, 0.25) is 11.4 Å². The number of hydrogen-bond donors (Lipinski definition) is 1. The first-order chi connectivity index (χ1) is 16.0. The van der Waals surface area contributed by atoms with Crippen LogP contribution in [0.5, 0.6) is 0 Å². The van der Waals surface area contributed by atoms with Gasteiger partial charge in [-0.2, -0.15) is 13.2 Å². The number of carbonyl (C=O) groups is 3. The highest BCUT2D eigenvalue weighted by Crippen LogP contribution is 2.43. The molecule has 3 fully saturated rings. The molecule has 1 N–H and O–H groups in total. The second kappa shape index (κ2) is 9.18. The minimum absolute atomic E-state index is 0.0361. The molecule has 1 aromatic rings. The van der Waals surface area contributed by atoms with Crippen LogP contribution in [0.15, 0.2) is 30.3 Å². The van der Waals surface area contributed by atoms with E-state index in [4.69, 9.17) is 4.74 Å². The van der Waals surface area contributed by atoms with E-state index in [0.717, 1.165) is 0 Å². The third kappa shape index (κ3) is 4.38. The Morgan fingerprint density at radius 1 is 1.09 bits per heavy atom. The van der Waals surface area contributed by atoms with Crippen molar-refractivity contribution in [2.24, 2.45) is 5.92 Å². The van der Waals surface area contributed by atoms with E-state index >= 15 is 0 Å². The quantitative estimate of drug-likeness (QED) is 0.667. The Bertz CT molecular complexity index is 926. The molecule has 4 rings (SSSR count). The summed E-state index contributed by atoms with van der Waals surface area (Å²) in [6.45, 7) is 5.44. The van der Waals surface area contributed by atoms with Crippen molar-refractivity contribution in [3.63, 3.8) is 0 Å². The zero-order valence-electron chi connectivity index (χ0n) is 19.2. The number of alkyl halides is 3. The molecule has 0 aliphatic carbocycles. The molecular formula is C23H29F3N4O4. The summed E-state index contributed by atoms with van der Waals surface area (Å²) in [5, 5.41) is 1.90. The zero-order chi connectivity index (χ0) is 24.7. The monoisotopic (exact) mass is 482 g/mol. The van der Waals surface area contributed by atoms with Gasteiger partial charge in [0.25, 0.3) is 5.91 Å². The molecule has 0 spiro atoms. The first-order valence-corrected chi connectivity index (χ1v) is 11.5. The maximum Gasteiger partial charge on any atom is 0.425 e. The Labute approximate surface area is 196 Å². The van der Waals surface area contributed by atoms with Gasteiger partial charge in [0.05, 0.1) is 18.9 Å². The molecule has 8 nitrogen and oxygen atoms in total. The largest absolute Gasteiger partial charge is 0.425 e. The van der Waals surface area contributed by atoms with Crippen molar-refractivity contribution >= 4 is 17.8 Å². The lowest BCUT2D eigenvalue weighted by Gasteiger charge is -2.39. The molecule has 3 atom stereocenters. The molecule has 0 bridgehead atoms. The van der Waals surface area contributed by atoms with Crippen molar-refractivity contribution in [3.8, 4) is 0 Å². The fraction of sp³-hybridized carbons (Fsp3) is 0.609. The number of imide groups is 1. The topological polar surface area (TPSA) is 82.2 Å². The molecule has 3 aliphatic rings. The molecule has 3 saturated heterocycles. The van der Waals surface area contributed by atoms with Crippen molar-refractivity contribution in [3.05, 3.63) is 35.9 Å². The van der Waals surface area contributed by atoms with Crippen LogP contribution >= 0.6 is 0 Å². The number of urea groups is 1. The standard InChI is InChI=1S/C23H29F3N4O4/c1-15-12-29(13-16(2)34-15)19(31)17-8-10-28(11-9-17)14-30-20(32)22(23(24,25)26,27-21(30)33)18-6-4-3-5-7-18/h3-7,15-17H,8-14H2,1-2H3,(H,27,33)/t15-,16+,22-/m0/s1. The van der Waals surface area contributed by atoms with Crippen molar-refractivity contribution in [1.29, 1.82) is 0 Å². The first kappa shape index (κ1) is 24.5. The van der Waals surface area contributed by atoms with E-state index in [9.17, 15) is 27.6 Å². The summed E-state index contributed by atoms with van der Waals surface area (Å²) in [7, 11) is 0. The van der Waals surface area contributed by atoms with Gasteiger partial charge in [-0.25, -0.2) is 9.69 Å². The van der Waals surface area contributed by atoms with Crippen LogP contribution in [0.4, 0.5) is 18.0 Å². The van der Waals surface area contributed by atoms with Gasteiger partial charge in [-0.3, -0.25) is 14.5 Å². The second-order valence-electron chi connectivity index (χ2n) is 9.31. The minimum atomic E-state index is -5.01. The number of nitrogens with one attached hydrogen (secondary N) is 1. The van der Waals surface area contributed by atoms with Crippen LogP contribution in [0, 0.1) is 5.92 Å². The maximum atomic E-state index is 14.1. The van der Waals surface area contributed by atoms with Crippen molar-refractivity contribution in [2.45, 2.75) is 50.6 Å². The number of benzene rings is 1. The highest BCUT2D eigenvalue weighted by molar-refractivity contribution is 6.08. The third-order valence-electron chi connectivity index (χ3n) is 6.75. The van der Waals surface area contributed by atoms with Crippen molar-refractivity contribution in [1.82, 2.24) is 20.0 Å². The maximum absolute atomic E-state index is 14.1. The van der Waals surface area contributed by atoms with Gasteiger partial charge in [0.1, 0.15) is 0 Å². The Kier molecular flexibility index (Phi) is 6.61. The van der Waals surface area contributed by atoms with E-state index in [1.807, 2.05) is 24.1 Å². The van der Waals surface area contributed by atoms with Gasteiger partial charge in [-0.05, 0) is 32.3 Å². The molecule has 0 unspecified atom stereocenters. The lowest BCUT2D eigenvalue weighted by Crippen LogP contribution is -2.56. The van der Waals surface area contributed by atoms with Gasteiger partial charge in [0.15, 0.2) is 0 Å². The molecule has 0 aromatic heterocycles. The van der Waals surface area contributed by atoms with Gasteiger partial charge in [-0.1, -0.05) is 30.3 Å². The summed E-state index contributed by atoms with van der Waals surface area (Å²) in [5.41, 5.74) is -3.44. The Morgan fingerprint density at radius 2 is 1.68 bits per heavy atom. The molecule has 3 aliphatic heterocycles. The number of nitrogens with zero attached hydrogens (tertiary/aromatic N) is 3. The van der Waals surface area contributed by atoms with Gasteiger partial charge in [-0.15, -0.1) is 0 Å². The average molecular weight is 483 g/mol. The predicted octanol–water partition coefficient (Wildman–Crippen LogP) is 2.30. The van der Waals surface area contributed by atoms with E-state index < -0.39 is 23.7 Å². The van der Waals surface area contributed by atoms with E-state index in [0.29, 0.717) is 43.9 Å². The first-order valence-electron chi connectivity index (χ1n) is 11.5. The van der Waals surface area contributed by atoms with Gasteiger partial charge in [0, 0.05) is 32.1 Å². The fourth-order valence-corrected chi connectivity index (χ4v) is 5.08. The molecule has 3 heterocycles. The average Bonchev–Trinajstić information content (AvgIpc) is 3.05. The fourth-order valence-electron chi connectivity index (χ4n) is 5.08. The number of hydrogen-bond acceptors (Lipinski definition) is 5. The highest BCUT2D eigenvalue weighted by Gasteiger charge is 2.68. The Morgan fingerprint density at radius 3 is 2.24 bits per heavy atom. The summed E-state index contributed by atoms with van der Waals surface area (Å²) in [5.74, 6) is -1.49. The molecule has 4 amide bonds. The number of morpholine rings is 1. The predicted molar refractivity (Wildman–Crippen MR) is 115 cm³/mol. The van der Waals surface area contributed by atoms with Crippen LogP contribution in [0.2, 0.25) is 0 Å². The van der Waals surface area contributed by atoms with Crippen LogP contribution in [-0.4, -0.2) is 83.8 Å². The molecule has 186 valence electrons. The van der Waals surface area contributed by atoms with Crippen LogP contribution in [0.25, 0.3) is 0 Å². The summed E-state index contributed by atoms with van der Waals surface area (Å²) in [6.07, 6.45) is -4.07.